The summed E-state index contributed by atoms with van der Waals surface area (Å²) in [5.74, 6) is -0.138. The molecular formula is C24H35N5O5. The molecule has 0 saturated carbocycles. The number of aromatic nitrogens is 3. The van der Waals surface area contributed by atoms with Crippen LogP contribution in [0, 0.1) is 5.92 Å². The van der Waals surface area contributed by atoms with E-state index in [1.807, 2.05) is 50.4 Å². The van der Waals surface area contributed by atoms with Crippen LogP contribution in [0.5, 0.6) is 0 Å². The standard InChI is InChI=1S/C24H35N5O5/c1-18-12-29(19(2)15-30)23(31)10-7-11-28-13-21(25-26-28)17-33-22(18)14-27(3)24(32)34-16-20-8-5-4-6-9-20/h4-6,8-9,13,18-19,22,30H,7,10-12,14-17H2,1-3H3/t18-,19-,22-/m0/s1. The summed E-state index contributed by atoms with van der Waals surface area (Å²) in [6.07, 6.45) is 1.95. The second-order valence-electron chi connectivity index (χ2n) is 8.90. The largest absolute Gasteiger partial charge is 0.445 e. The van der Waals surface area contributed by atoms with Crippen LogP contribution in [0.2, 0.25) is 0 Å². The smallest absolute Gasteiger partial charge is 0.409 e. The van der Waals surface area contributed by atoms with E-state index in [4.69, 9.17) is 9.47 Å². The van der Waals surface area contributed by atoms with Crippen molar-refractivity contribution in [2.45, 2.75) is 58.6 Å². The molecule has 0 radical (unpaired) electrons. The quantitative estimate of drug-likeness (QED) is 0.684. The summed E-state index contributed by atoms with van der Waals surface area (Å²) in [4.78, 5) is 28.7. The van der Waals surface area contributed by atoms with Crippen LogP contribution in [0.3, 0.4) is 0 Å². The molecule has 0 fully saturated rings. The van der Waals surface area contributed by atoms with Crippen LogP contribution in [0.1, 0.15) is 37.9 Å². The van der Waals surface area contributed by atoms with Crippen LogP contribution in [-0.4, -0.2) is 80.8 Å². The highest BCUT2D eigenvalue weighted by molar-refractivity contribution is 5.76. The van der Waals surface area contributed by atoms with Crippen molar-refractivity contribution in [3.63, 3.8) is 0 Å². The van der Waals surface area contributed by atoms with Gasteiger partial charge in [-0.1, -0.05) is 42.5 Å². The van der Waals surface area contributed by atoms with Gasteiger partial charge >= 0.3 is 6.09 Å². The lowest BCUT2D eigenvalue weighted by molar-refractivity contribution is -0.136. The molecule has 2 amide bonds. The highest BCUT2D eigenvalue weighted by Crippen LogP contribution is 2.18. The Morgan fingerprint density at radius 1 is 1.35 bits per heavy atom. The molecule has 2 aromatic rings. The molecule has 0 spiro atoms. The number of aryl methyl sites for hydroxylation is 1. The predicted octanol–water partition coefficient (Wildman–Crippen LogP) is 2.07. The number of nitrogens with zero attached hydrogens (tertiary/aromatic N) is 5. The Morgan fingerprint density at radius 3 is 2.85 bits per heavy atom. The third-order valence-corrected chi connectivity index (χ3v) is 6.02. The fourth-order valence-corrected chi connectivity index (χ4v) is 3.87. The van der Waals surface area contributed by atoms with Gasteiger partial charge in [0.25, 0.3) is 0 Å². The van der Waals surface area contributed by atoms with E-state index in [0.29, 0.717) is 31.6 Å². The van der Waals surface area contributed by atoms with Gasteiger partial charge < -0.3 is 24.4 Å². The number of ether oxygens (including phenoxy) is 2. The van der Waals surface area contributed by atoms with Crippen LogP contribution in [0.25, 0.3) is 0 Å². The SMILES string of the molecule is C[C@H]1CN([C@@H](C)CO)C(=O)CCCn2cc(nn2)CO[C@H]1CN(C)C(=O)OCc1ccccc1. The van der Waals surface area contributed by atoms with Crippen molar-refractivity contribution < 1.29 is 24.2 Å². The first-order valence-corrected chi connectivity index (χ1v) is 11.7. The van der Waals surface area contributed by atoms with Gasteiger partial charge in [-0.3, -0.25) is 9.48 Å². The Balaban J connectivity index is 1.70. The van der Waals surface area contributed by atoms with Gasteiger partial charge in [0.05, 0.1) is 38.1 Å². The molecule has 0 aliphatic carbocycles. The van der Waals surface area contributed by atoms with Crippen molar-refractivity contribution in [3.8, 4) is 0 Å². The van der Waals surface area contributed by atoms with Crippen molar-refractivity contribution in [1.82, 2.24) is 24.8 Å². The molecule has 10 heteroatoms. The number of rotatable bonds is 6. The monoisotopic (exact) mass is 473 g/mol. The number of hydrogen-bond donors (Lipinski definition) is 1. The average Bonchev–Trinajstić information content (AvgIpc) is 3.30. The van der Waals surface area contributed by atoms with Crippen LogP contribution in [0.4, 0.5) is 4.79 Å². The molecule has 0 saturated heterocycles. The van der Waals surface area contributed by atoms with E-state index in [-0.39, 0.29) is 50.3 Å². The third-order valence-electron chi connectivity index (χ3n) is 6.02. The van der Waals surface area contributed by atoms with E-state index in [0.717, 1.165) is 5.56 Å². The van der Waals surface area contributed by atoms with Gasteiger partial charge in [0.15, 0.2) is 0 Å². The van der Waals surface area contributed by atoms with Crippen molar-refractivity contribution in [1.29, 1.82) is 0 Å². The maximum atomic E-state index is 12.9. The second kappa shape index (κ2) is 12.5. The zero-order valence-corrected chi connectivity index (χ0v) is 20.2. The Labute approximate surface area is 200 Å². The minimum Gasteiger partial charge on any atom is -0.445 e. The Kier molecular flexibility index (Phi) is 9.41. The number of amides is 2. The molecule has 1 N–H and O–H groups in total. The predicted molar refractivity (Wildman–Crippen MR) is 125 cm³/mol. The summed E-state index contributed by atoms with van der Waals surface area (Å²) >= 11 is 0. The lowest BCUT2D eigenvalue weighted by Gasteiger charge is -2.35. The summed E-state index contributed by atoms with van der Waals surface area (Å²) in [6.45, 7) is 5.37. The van der Waals surface area contributed by atoms with Gasteiger partial charge in [-0.15, -0.1) is 5.10 Å². The summed E-state index contributed by atoms with van der Waals surface area (Å²) in [5, 5.41) is 18.0. The molecule has 3 rings (SSSR count). The fraction of sp³-hybridized carbons (Fsp3) is 0.583. The van der Waals surface area contributed by atoms with E-state index in [1.54, 1.807) is 16.6 Å². The van der Waals surface area contributed by atoms with Gasteiger partial charge in [0.2, 0.25) is 5.91 Å². The molecule has 186 valence electrons. The maximum absolute atomic E-state index is 12.9. The first kappa shape index (κ1) is 25.6. The zero-order chi connectivity index (χ0) is 24.5. The number of likely N-dealkylation sites (N-methyl/N-ethyl adjacent to an activating group) is 1. The molecule has 34 heavy (non-hydrogen) atoms. The molecule has 0 unspecified atom stereocenters. The van der Waals surface area contributed by atoms with Gasteiger partial charge in [-0.25, -0.2) is 4.79 Å². The first-order chi connectivity index (χ1) is 16.4. The van der Waals surface area contributed by atoms with E-state index in [2.05, 4.69) is 10.3 Å². The minimum atomic E-state index is -0.454. The maximum Gasteiger partial charge on any atom is 0.409 e. The van der Waals surface area contributed by atoms with Gasteiger partial charge in [0.1, 0.15) is 12.3 Å². The molecule has 1 aromatic carbocycles. The number of aliphatic hydroxyl groups is 1. The highest BCUT2D eigenvalue weighted by atomic mass is 16.6. The number of aliphatic hydroxyl groups excluding tert-OH is 1. The molecule has 2 bridgehead atoms. The van der Waals surface area contributed by atoms with Crippen molar-refractivity contribution >= 4 is 12.0 Å². The summed E-state index contributed by atoms with van der Waals surface area (Å²) in [5.41, 5.74) is 1.60. The Morgan fingerprint density at radius 2 is 2.12 bits per heavy atom. The summed E-state index contributed by atoms with van der Waals surface area (Å²) in [7, 11) is 1.67. The van der Waals surface area contributed by atoms with E-state index < -0.39 is 6.09 Å². The number of carbonyl (C=O) groups is 2. The molecule has 1 aliphatic heterocycles. The number of hydrogen-bond acceptors (Lipinski definition) is 7. The lowest BCUT2D eigenvalue weighted by Crippen LogP contribution is -2.47. The van der Waals surface area contributed by atoms with Crippen LogP contribution in [0.15, 0.2) is 36.5 Å². The Bertz CT molecular complexity index is 921. The Hall–Kier alpha value is -2.98. The highest BCUT2D eigenvalue weighted by Gasteiger charge is 2.29. The lowest BCUT2D eigenvalue weighted by atomic mass is 10.0. The van der Waals surface area contributed by atoms with Crippen molar-refractivity contribution in [2.75, 3.05) is 26.7 Å². The molecule has 2 heterocycles. The zero-order valence-electron chi connectivity index (χ0n) is 20.2. The normalized spacial score (nSPS) is 20.6. The number of benzene rings is 1. The molecular weight excluding hydrogens is 438 g/mol. The molecule has 10 nitrogen and oxygen atoms in total. The van der Waals surface area contributed by atoms with Crippen molar-refractivity contribution in [3.05, 3.63) is 47.8 Å². The van der Waals surface area contributed by atoms with Gasteiger partial charge in [-0.2, -0.15) is 0 Å². The van der Waals surface area contributed by atoms with Gasteiger partial charge in [-0.05, 0) is 18.9 Å². The molecule has 1 aromatic heterocycles. The van der Waals surface area contributed by atoms with Crippen molar-refractivity contribution in [2.24, 2.45) is 5.92 Å². The first-order valence-electron chi connectivity index (χ1n) is 11.7. The number of fused-ring (bicyclic) bond motifs is 2. The topological polar surface area (TPSA) is 110 Å². The van der Waals surface area contributed by atoms with E-state index >= 15 is 0 Å². The summed E-state index contributed by atoms with van der Waals surface area (Å²) in [6, 6.07) is 9.18. The van der Waals surface area contributed by atoms with Crippen LogP contribution < -0.4 is 0 Å². The summed E-state index contributed by atoms with van der Waals surface area (Å²) < 4.78 is 13.3. The minimum absolute atomic E-state index is 0.0256. The number of carbonyl (C=O) groups excluding carboxylic acids is 2. The fourth-order valence-electron chi connectivity index (χ4n) is 3.87. The van der Waals surface area contributed by atoms with E-state index in [1.165, 1.54) is 4.90 Å². The van der Waals surface area contributed by atoms with E-state index in [9.17, 15) is 14.7 Å². The third kappa shape index (κ3) is 7.26. The average molecular weight is 474 g/mol. The van der Waals surface area contributed by atoms with Crippen LogP contribution >= 0.6 is 0 Å². The molecule has 3 atom stereocenters. The van der Waals surface area contributed by atoms with Gasteiger partial charge in [0, 0.05) is 32.5 Å². The second-order valence-corrected chi connectivity index (χ2v) is 8.90. The molecule has 1 aliphatic rings. The van der Waals surface area contributed by atoms with Crippen LogP contribution in [-0.2, 0) is 34.0 Å².